The highest BCUT2D eigenvalue weighted by atomic mass is 16.5. The number of nitrogens with one attached hydrogen (secondary N) is 1. The number of aromatic nitrogens is 2. The average Bonchev–Trinajstić information content (AvgIpc) is 2.88. The summed E-state index contributed by atoms with van der Waals surface area (Å²) in [6, 6.07) is 8.24. The molecule has 20 heavy (non-hydrogen) atoms. The minimum atomic E-state index is 0.0684. The maximum absolute atomic E-state index is 5.75. The maximum Gasteiger partial charge on any atom is 0.124 e. The van der Waals surface area contributed by atoms with Gasteiger partial charge in [-0.3, -0.25) is 0 Å². The van der Waals surface area contributed by atoms with Crippen molar-refractivity contribution in [3.05, 3.63) is 48.0 Å². The molecule has 1 unspecified atom stereocenters. The summed E-state index contributed by atoms with van der Waals surface area (Å²) in [5, 5.41) is 3.56. The SMILES string of the molecule is CCCNC(c1cn(C)cn1)c1ccccc1OCC. The fourth-order valence-electron chi connectivity index (χ4n) is 2.25. The molecule has 0 fully saturated rings. The number of rotatable bonds is 7. The van der Waals surface area contributed by atoms with Gasteiger partial charge < -0.3 is 14.6 Å². The molecule has 0 saturated heterocycles. The summed E-state index contributed by atoms with van der Waals surface area (Å²) in [4.78, 5) is 4.49. The lowest BCUT2D eigenvalue weighted by Crippen LogP contribution is -2.24. The van der Waals surface area contributed by atoms with Gasteiger partial charge in [-0.15, -0.1) is 0 Å². The molecule has 0 amide bonds. The Balaban J connectivity index is 2.35. The number of ether oxygens (including phenoxy) is 1. The van der Waals surface area contributed by atoms with Crippen molar-refractivity contribution in [3.63, 3.8) is 0 Å². The zero-order chi connectivity index (χ0) is 14.4. The highest BCUT2D eigenvalue weighted by Crippen LogP contribution is 2.29. The van der Waals surface area contributed by atoms with Gasteiger partial charge in [-0.05, 0) is 26.0 Å². The topological polar surface area (TPSA) is 39.1 Å². The Labute approximate surface area is 120 Å². The molecule has 2 rings (SSSR count). The third kappa shape index (κ3) is 3.39. The van der Waals surface area contributed by atoms with E-state index in [-0.39, 0.29) is 6.04 Å². The minimum absolute atomic E-state index is 0.0684. The van der Waals surface area contributed by atoms with Gasteiger partial charge in [-0.2, -0.15) is 0 Å². The lowest BCUT2D eigenvalue weighted by Gasteiger charge is -2.20. The summed E-state index contributed by atoms with van der Waals surface area (Å²) in [6.07, 6.45) is 4.97. The Hall–Kier alpha value is -1.81. The molecule has 4 heteroatoms. The Kier molecular flexibility index (Phi) is 5.18. The molecule has 1 atom stereocenters. The van der Waals surface area contributed by atoms with Gasteiger partial charge in [0.1, 0.15) is 5.75 Å². The predicted molar refractivity (Wildman–Crippen MR) is 81.0 cm³/mol. The third-order valence-electron chi connectivity index (χ3n) is 3.15. The summed E-state index contributed by atoms with van der Waals surface area (Å²) in [5.74, 6) is 0.925. The fraction of sp³-hybridized carbons (Fsp3) is 0.438. The Morgan fingerprint density at radius 3 is 2.75 bits per heavy atom. The van der Waals surface area contributed by atoms with Crippen molar-refractivity contribution in [2.24, 2.45) is 7.05 Å². The molecule has 0 radical (unpaired) electrons. The Morgan fingerprint density at radius 1 is 1.30 bits per heavy atom. The minimum Gasteiger partial charge on any atom is -0.494 e. The Bertz CT molecular complexity index is 536. The van der Waals surface area contributed by atoms with Crippen molar-refractivity contribution >= 4 is 0 Å². The highest BCUT2D eigenvalue weighted by molar-refractivity contribution is 5.39. The standard InChI is InChI=1S/C16H23N3O/c1-4-10-17-16(14-11-19(3)12-18-14)13-8-6-7-9-15(13)20-5-2/h6-9,11-12,16-17H,4-5,10H2,1-3H3. The molecule has 0 saturated carbocycles. The van der Waals surface area contributed by atoms with Crippen LogP contribution >= 0.6 is 0 Å². The second kappa shape index (κ2) is 7.10. The molecule has 1 aromatic heterocycles. The van der Waals surface area contributed by atoms with E-state index in [0.717, 1.165) is 30.0 Å². The molecule has 0 aliphatic heterocycles. The molecule has 0 bridgehead atoms. The van der Waals surface area contributed by atoms with E-state index in [4.69, 9.17) is 4.74 Å². The first-order chi connectivity index (χ1) is 9.76. The van der Waals surface area contributed by atoms with Crippen molar-refractivity contribution in [2.45, 2.75) is 26.3 Å². The van der Waals surface area contributed by atoms with Gasteiger partial charge in [-0.1, -0.05) is 25.1 Å². The largest absolute Gasteiger partial charge is 0.494 e. The van der Waals surface area contributed by atoms with Gasteiger partial charge in [0.05, 0.1) is 24.7 Å². The van der Waals surface area contributed by atoms with Crippen LogP contribution in [-0.4, -0.2) is 22.7 Å². The zero-order valence-corrected chi connectivity index (χ0v) is 12.5. The van der Waals surface area contributed by atoms with E-state index >= 15 is 0 Å². The first-order valence-electron chi connectivity index (χ1n) is 7.19. The molecular formula is C16H23N3O. The zero-order valence-electron chi connectivity index (χ0n) is 12.5. The number of hydrogen-bond donors (Lipinski definition) is 1. The molecule has 108 valence electrons. The van der Waals surface area contributed by atoms with Crippen molar-refractivity contribution in [1.29, 1.82) is 0 Å². The van der Waals surface area contributed by atoms with Gasteiger partial charge in [0.25, 0.3) is 0 Å². The molecule has 1 aromatic carbocycles. The molecule has 4 nitrogen and oxygen atoms in total. The molecule has 1 N–H and O–H groups in total. The van der Waals surface area contributed by atoms with Gasteiger partial charge in [-0.25, -0.2) is 4.98 Å². The van der Waals surface area contributed by atoms with E-state index in [1.54, 1.807) is 0 Å². The van der Waals surface area contributed by atoms with Crippen LogP contribution in [0.5, 0.6) is 5.75 Å². The number of imidazole rings is 1. The summed E-state index contributed by atoms with van der Waals surface area (Å²) in [5.41, 5.74) is 2.16. The van der Waals surface area contributed by atoms with E-state index < -0.39 is 0 Å². The van der Waals surface area contributed by atoms with E-state index in [1.165, 1.54) is 0 Å². The van der Waals surface area contributed by atoms with Crippen LogP contribution in [0.15, 0.2) is 36.8 Å². The normalized spacial score (nSPS) is 12.3. The van der Waals surface area contributed by atoms with E-state index in [2.05, 4.69) is 29.5 Å². The number of hydrogen-bond acceptors (Lipinski definition) is 3. The van der Waals surface area contributed by atoms with Crippen LogP contribution in [-0.2, 0) is 7.05 Å². The van der Waals surface area contributed by atoms with Crippen LogP contribution in [0, 0.1) is 0 Å². The first-order valence-corrected chi connectivity index (χ1v) is 7.19. The highest BCUT2D eigenvalue weighted by Gasteiger charge is 2.19. The summed E-state index contributed by atoms with van der Waals surface area (Å²) in [7, 11) is 1.99. The van der Waals surface area contributed by atoms with Crippen LogP contribution < -0.4 is 10.1 Å². The van der Waals surface area contributed by atoms with Crippen LogP contribution in [0.3, 0.4) is 0 Å². The first kappa shape index (κ1) is 14.6. The molecule has 0 aliphatic carbocycles. The van der Waals surface area contributed by atoms with E-state index in [9.17, 15) is 0 Å². The van der Waals surface area contributed by atoms with Crippen molar-refractivity contribution in [2.75, 3.05) is 13.2 Å². The van der Waals surface area contributed by atoms with Crippen molar-refractivity contribution in [3.8, 4) is 5.75 Å². The van der Waals surface area contributed by atoms with Gasteiger partial charge in [0, 0.05) is 18.8 Å². The summed E-state index contributed by atoms with van der Waals surface area (Å²) >= 11 is 0. The second-order valence-corrected chi connectivity index (χ2v) is 4.82. The van der Waals surface area contributed by atoms with Crippen LogP contribution in [0.1, 0.15) is 37.6 Å². The summed E-state index contributed by atoms with van der Waals surface area (Å²) in [6.45, 7) is 5.78. The average molecular weight is 273 g/mol. The summed E-state index contributed by atoms with van der Waals surface area (Å²) < 4.78 is 7.72. The number of benzene rings is 1. The van der Waals surface area contributed by atoms with Gasteiger partial charge >= 0.3 is 0 Å². The van der Waals surface area contributed by atoms with Crippen LogP contribution in [0.4, 0.5) is 0 Å². The third-order valence-corrected chi connectivity index (χ3v) is 3.15. The number of nitrogens with zero attached hydrogens (tertiary/aromatic N) is 2. The lowest BCUT2D eigenvalue weighted by molar-refractivity contribution is 0.333. The smallest absolute Gasteiger partial charge is 0.124 e. The molecule has 1 heterocycles. The van der Waals surface area contributed by atoms with E-state index in [1.807, 2.05) is 43.1 Å². The van der Waals surface area contributed by atoms with Crippen LogP contribution in [0.25, 0.3) is 0 Å². The van der Waals surface area contributed by atoms with Crippen LogP contribution in [0.2, 0.25) is 0 Å². The predicted octanol–water partition coefficient (Wildman–Crippen LogP) is 2.91. The maximum atomic E-state index is 5.75. The second-order valence-electron chi connectivity index (χ2n) is 4.82. The van der Waals surface area contributed by atoms with Gasteiger partial charge in [0.15, 0.2) is 0 Å². The number of para-hydroxylation sites is 1. The molecule has 2 aromatic rings. The molecule has 0 aliphatic rings. The van der Waals surface area contributed by atoms with Gasteiger partial charge in [0.2, 0.25) is 0 Å². The van der Waals surface area contributed by atoms with Crippen molar-refractivity contribution < 1.29 is 4.74 Å². The molecular weight excluding hydrogens is 250 g/mol. The van der Waals surface area contributed by atoms with E-state index in [0.29, 0.717) is 6.61 Å². The lowest BCUT2D eigenvalue weighted by atomic mass is 10.0. The number of aryl methyl sites for hydroxylation is 1. The van der Waals surface area contributed by atoms with Crippen molar-refractivity contribution in [1.82, 2.24) is 14.9 Å². The molecule has 0 spiro atoms. The Morgan fingerprint density at radius 2 is 2.10 bits per heavy atom. The monoisotopic (exact) mass is 273 g/mol. The quantitative estimate of drug-likeness (QED) is 0.843. The fourth-order valence-corrected chi connectivity index (χ4v) is 2.25.